The van der Waals surface area contributed by atoms with Gasteiger partial charge in [0.1, 0.15) is 6.04 Å². The molecule has 1 amide bonds. The number of aromatic amines is 1. The molecule has 88 valence electrons. The molecule has 0 saturated carbocycles. The zero-order valence-electron chi connectivity index (χ0n) is 9.23. The molecular formula is C12H12N2O3. The van der Waals surface area contributed by atoms with Gasteiger partial charge in [-0.3, -0.25) is 9.59 Å². The third kappa shape index (κ3) is 2.28. The second-order valence-corrected chi connectivity index (χ2v) is 3.81. The van der Waals surface area contributed by atoms with E-state index in [1.807, 2.05) is 12.1 Å². The van der Waals surface area contributed by atoms with Crippen molar-refractivity contribution in [3.63, 3.8) is 0 Å². The molecular weight excluding hydrogens is 220 g/mol. The highest BCUT2D eigenvalue weighted by Crippen LogP contribution is 2.14. The van der Waals surface area contributed by atoms with Gasteiger partial charge >= 0.3 is 5.97 Å². The highest BCUT2D eigenvalue weighted by Gasteiger charge is 2.15. The summed E-state index contributed by atoms with van der Waals surface area (Å²) < 4.78 is 0. The molecule has 0 bridgehead atoms. The molecule has 17 heavy (non-hydrogen) atoms. The van der Waals surface area contributed by atoms with Crippen LogP contribution in [0, 0.1) is 0 Å². The molecule has 3 N–H and O–H groups in total. The lowest BCUT2D eigenvalue weighted by molar-refractivity contribution is -0.138. The number of aromatic nitrogens is 1. The molecule has 0 spiro atoms. The van der Waals surface area contributed by atoms with E-state index in [0.717, 1.165) is 10.9 Å². The van der Waals surface area contributed by atoms with Crippen molar-refractivity contribution in [1.82, 2.24) is 10.3 Å². The Morgan fingerprint density at radius 3 is 2.82 bits per heavy atom. The fraction of sp³-hybridized carbons (Fsp3) is 0.167. The van der Waals surface area contributed by atoms with Crippen LogP contribution in [0.3, 0.4) is 0 Å². The Labute approximate surface area is 97.4 Å². The fourth-order valence-electron chi connectivity index (χ4n) is 1.53. The predicted molar refractivity (Wildman–Crippen MR) is 62.9 cm³/mol. The summed E-state index contributed by atoms with van der Waals surface area (Å²) >= 11 is 0. The number of hydrogen-bond acceptors (Lipinski definition) is 2. The first-order valence-electron chi connectivity index (χ1n) is 5.19. The number of nitrogens with one attached hydrogen (secondary N) is 2. The van der Waals surface area contributed by atoms with Crippen molar-refractivity contribution in [3.05, 3.63) is 36.0 Å². The number of hydrogen-bond donors (Lipinski definition) is 3. The first kappa shape index (κ1) is 11.2. The number of benzene rings is 1. The number of carboxylic acids is 1. The van der Waals surface area contributed by atoms with Gasteiger partial charge in [0.25, 0.3) is 5.91 Å². The summed E-state index contributed by atoms with van der Waals surface area (Å²) in [5.74, 6) is -1.45. The molecule has 0 aliphatic heterocycles. The van der Waals surface area contributed by atoms with Crippen LogP contribution in [0.4, 0.5) is 0 Å². The van der Waals surface area contributed by atoms with Crippen molar-refractivity contribution >= 4 is 22.8 Å². The van der Waals surface area contributed by atoms with Crippen LogP contribution in [-0.4, -0.2) is 28.0 Å². The average molecular weight is 232 g/mol. The van der Waals surface area contributed by atoms with Crippen LogP contribution in [0.15, 0.2) is 30.5 Å². The Kier molecular flexibility index (Phi) is 2.82. The topological polar surface area (TPSA) is 82.2 Å². The Bertz CT molecular complexity index is 574. The minimum absolute atomic E-state index is 0.392. The maximum Gasteiger partial charge on any atom is 0.325 e. The van der Waals surface area contributed by atoms with E-state index in [2.05, 4.69) is 10.3 Å². The fourth-order valence-corrected chi connectivity index (χ4v) is 1.53. The van der Waals surface area contributed by atoms with Crippen molar-refractivity contribution in [2.24, 2.45) is 0 Å². The summed E-state index contributed by atoms with van der Waals surface area (Å²) in [5.41, 5.74) is 1.29. The first-order valence-corrected chi connectivity index (χ1v) is 5.19. The predicted octanol–water partition coefficient (Wildman–Crippen LogP) is 1.37. The maximum atomic E-state index is 11.7. The van der Waals surface area contributed by atoms with Crippen LogP contribution in [0.5, 0.6) is 0 Å². The van der Waals surface area contributed by atoms with Gasteiger partial charge in [-0.05, 0) is 30.5 Å². The van der Waals surface area contributed by atoms with Crippen LogP contribution < -0.4 is 5.32 Å². The lowest BCUT2D eigenvalue weighted by Crippen LogP contribution is -2.38. The third-order valence-corrected chi connectivity index (χ3v) is 2.54. The summed E-state index contributed by atoms with van der Waals surface area (Å²) in [6.45, 7) is 1.42. The number of carbonyl (C=O) groups is 2. The number of aliphatic carboxylic acids is 1. The summed E-state index contributed by atoms with van der Waals surface area (Å²) in [7, 11) is 0. The smallest absolute Gasteiger partial charge is 0.325 e. The molecule has 1 heterocycles. The van der Waals surface area contributed by atoms with Gasteiger partial charge < -0.3 is 15.4 Å². The van der Waals surface area contributed by atoms with Gasteiger partial charge in [-0.2, -0.15) is 0 Å². The van der Waals surface area contributed by atoms with Crippen molar-refractivity contribution in [2.75, 3.05) is 0 Å². The maximum absolute atomic E-state index is 11.7. The third-order valence-electron chi connectivity index (χ3n) is 2.54. The van der Waals surface area contributed by atoms with Gasteiger partial charge in [-0.15, -0.1) is 0 Å². The molecule has 2 aromatic rings. The lowest BCUT2D eigenvalue weighted by atomic mass is 10.1. The molecule has 2 rings (SSSR count). The van der Waals surface area contributed by atoms with E-state index in [-0.39, 0.29) is 0 Å². The van der Waals surface area contributed by atoms with E-state index in [0.29, 0.717) is 5.56 Å². The monoisotopic (exact) mass is 232 g/mol. The molecule has 1 aromatic heterocycles. The summed E-state index contributed by atoms with van der Waals surface area (Å²) in [6, 6.07) is 6.17. The molecule has 0 aliphatic carbocycles. The van der Waals surface area contributed by atoms with Crippen LogP contribution >= 0.6 is 0 Å². The Hall–Kier alpha value is -2.30. The van der Waals surface area contributed by atoms with E-state index in [1.165, 1.54) is 6.92 Å². The summed E-state index contributed by atoms with van der Waals surface area (Å²) in [5, 5.41) is 12.1. The molecule has 5 nitrogen and oxygen atoms in total. The largest absolute Gasteiger partial charge is 0.480 e. The SMILES string of the molecule is C[C@@H](NC(=O)c1ccc2cc[nH]c2c1)C(=O)O. The normalized spacial score (nSPS) is 12.3. The molecule has 0 fully saturated rings. The van der Waals surface area contributed by atoms with Crippen LogP contribution in [-0.2, 0) is 4.79 Å². The number of carboxylic acid groups (broad SMARTS) is 1. The van der Waals surface area contributed by atoms with Gasteiger partial charge in [0, 0.05) is 17.3 Å². The van der Waals surface area contributed by atoms with Gasteiger partial charge in [0.15, 0.2) is 0 Å². The molecule has 0 unspecified atom stereocenters. The van der Waals surface area contributed by atoms with Crippen LogP contribution in [0.25, 0.3) is 10.9 Å². The van der Waals surface area contributed by atoms with Crippen molar-refractivity contribution < 1.29 is 14.7 Å². The summed E-state index contributed by atoms with van der Waals surface area (Å²) in [6.07, 6.45) is 1.78. The van der Waals surface area contributed by atoms with Crippen molar-refractivity contribution in [3.8, 4) is 0 Å². The zero-order chi connectivity index (χ0) is 12.4. The molecule has 0 radical (unpaired) electrons. The lowest BCUT2D eigenvalue weighted by Gasteiger charge is -2.09. The average Bonchev–Trinajstić information content (AvgIpc) is 2.75. The van der Waals surface area contributed by atoms with Crippen molar-refractivity contribution in [1.29, 1.82) is 0 Å². The highest BCUT2D eigenvalue weighted by atomic mass is 16.4. The van der Waals surface area contributed by atoms with Gasteiger partial charge in [-0.1, -0.05) is 6.07 Å². The minimum Gasteiger partial charge on any atom is -0.480 e. The molecule has 1 atom stereocenters. The first-order chi connectivity index (χ1) is 8.08. The summed E-state index contributed by atoms with van der Waals surface area (Å²) in [4.78, 5) is 25.3. The highest BCUT2D eigenvalue weighted by molar-refractivity contribution is 5.99. The minimum atomic E-state index is -1.06. The second-order valence-electron chi connectivity index (χ2n) is 3.81. The molecule has 0 aliphatic rings. The van der Waals surface area contributed by atoms with Gasteiger partial charge in [0.05, 0.1) is 0 Å². The number of rotatable bonds is 3. The number of fused-ring (bicyclic) bond motifs is 1. The van der Waals surface area contributed by atoms with E-state index in [4.69, 9.17) is 5.11 Å². The van der Waals surface area contributed by atoms with E-state index < -0.39 is 17.9 Å². The van der Waals surface area contributed by atoms with Gasteiger partial charge in [-0.25, -0.2) is 0 Å². The Morgan fingerprint density at radius 1 is 1.35 bits per heavy atom. The van der Waals surface area contributed by atoms with Crippen LogP contribution in [0.2, 0.25) is 0 Å². The Morgan fingerprint density at radius 2 is 2.12 bits per heavy atom. The van der Waals surface area contributed by atoms with E-state index in [1.54, 1.807) is 18.3 Å². The standard InChI is InChI=1S/C12H12N2O3/c1-7(12(16)17)14-11(15)9-3-2-8-4-5-13-10(8)6-9/h2-7,13H,1H3,(H,14,15)(H,16,17)/t7-/m1/s1. The number of carbonyl (C=O) groups excluding carboxylic acids is 1. The Balaban J connectivity index is 2.21. The molecule has 0 saturated heterocycles. The van der Waals surface area contributed by atoms with Gasteiger partial charge in [0.2, 0.25) is 0 Å². The number of amides is 1. The van der Waals surface area contributed by atoms with Crippen LogP contribution in [0.1, 0.15) is 17.3 Å². The zero-order valence-corrected chi connectivity index (χ0v) is 9.23. The second kappa shape index (κ2) is 4.29. The number of H-pyrrole nitrogens is 1. The molecule has 1 aromatic carbocycles. The van der Waals surface area contributed by atoms with Crippen molar-refractivity contribution in [2.45, 2.75) is 13.0 Å². The quantitative estimate of drug-likeness (QED) is 0.747. The van der Waals surface area contributed by atoms with E-state index >= 15 is 0 Å². The molecule has 5 heteroatoms. The van der Waals surface area contributed by atoms with E-state index in [9.17, 15) is 9.59 Å².